The van der Waals surface area contributed by atoms with E-state index in [0.717, 1.165) is 0 Å². The van der Waals surface area contributed by atoms with Gasteiger partial charge in [-0.15, -0.1) is 0 Å². The molecular weight excluding hydrogens is 341 g/mol. The molecular formula is C15H9Cl2N3O3. The Hall–Kier alpha value is -2.57. The highest BCUT2D eigenvalue weighted by Crippen LogP contribution is 2.24. The first-order valence-electron chi connectivity index (χ1n) is 6.47. The predicted molar refractivity (Wildman–Crippen MR) is 87.0 cm³/mol. The summed E-state index contributed by atoms with van der Waals surface area (Å²) in [6.07, 6.45) is 0. The molecule has 23 heavy (non-hydrogen) atoms. The number of hydrogen-bond acceptors (Lipinski definition) is 4. The molecule has 3 amide bonds. The summed E-state index contributed by atoms with van der Waals surface area (Å²) in [5.74, 6) is -0.512. The van der Waals surface area contributed by atoms with E-state index >= 15 is 0 Å². The summed E-state index contributed by atoms with van der Waals surface area (Å²) in [5.41, 5.74) is 0.541. The number of imide groups is 1. The molecule has 6 nitrogen and oxygen atoms in total. The molecule has 0 aliphatic heterocycles. The van der Waals surface area contributed by atoms with Gasteiger partial charge in [0.05, 0.1) is 21.0 Å². The minimum atomic E-state index is -0.773. The van der Waals surface area contributed by atoms with Gasteiger partial charge >= 0.3 is 6.03 Å². The highest BCUT2D eigenvalue weighted by molar-refractivity contribution is 6.40. The fourth-order valence-corrected chi connectivity index (χ4v) is 2.56. The maximum atomic E-state index is 12.1. The molecule has 3 rings (SSSR count). The average Bonchev–Trinajstić information content (AvgIpc) is 2.90. The molecule has 8 heteroatoms. The van der Waals surface area contributed by atoms with Crippen LogP contribution in [0.4, 0.5) is 10.6 Å². The third-order valence-corrected chi connectivity index (χ3v) is 3.66. The number of hydrogen-bond donors (Lipinski definition) is 2. The number of halogens is 2. The van der Waals surface area contributed by atoms with E-state index < -0.39 is 11.9 Å². The summed E-state index contributed by atoms with van der Waals surface area (Å²) >= 11 is 11.8. The van der Waals surface area contributed by atoms with Crippen molar-refractivity contribution >= 4 is 51.9 Å². The standard InChI is InChI=1S/C15H9Cl2N3O3/c16-9-5-3-6-10(17)12(9)14(21)19-15(22)18-13-8-4-1-2-7-11(8)23-20-13/h1-7H,(H2,18,19,20,21,22). The van der Waals surface area contributed by atoms with Crippen molar-refractivity contribution in [3.05, 3.63) is 58.1 Å². The molecule has 116 valence electrons. The Bertz CT molecular complexity index is 888. The molecule has 0 aliphatic carbocycles. The molecule has 0 saturated heterocycles. The Morgan fingerprint density at radius 3 is 2.43 bits per heavy atom. The van der Waals surface area contributed by atoms with Crippen molar-refractivity contribution in [2.75, 3.05) is 5.32 Å². The lowest BCUT2D eigenvalue weighted by Crippen LogP contribution is -2.34. The average molecular weight is 350 g/mol. The molecule has 0 radical (unpaired) electrons. The van der Waals surface area contributed by atoms with E-state index in [1.54, 1.807) is 30.3 Å². The van der Waals surface area contributed by atoms with Gasteiger partial charge in [-0.3, -0.25) is 15.4 Å². The Morgan fingerprint density at radius 1 is 1.00 bits per heavy atom. The van der Waals surface area contributed by atoms with Crippen molar-refractivity contribution in [2.45, 2.75) is 0 Å². The van der Waals surface area contributed by atoms with Gasteiger partial charge in [0.1, 0.15) is 0 Å². The van der Waals surface area contributed by atoms with Crippen LogP contribution in [0.2, 0.25) is 10.0 Å². The fourth-order valence-electron chi connectivity index (χ4n) is 2.00. The van der Waals surface area contributed by atoms with Gasteiger partial charge < -0.3 is 4.52 Å². The summed E-state index contributed by atoms with van der Waals surface area (Å²) in [5, 5.41) is 9.24. The normalized spacial score (nSPS) is 10.5. The lowest BCUT2D eigenvalue weighted by Gasteiger charge is -2.07. The van der Waals surface area contributed by atoms with Crippen LogP contribution in [-0.4, -0.2) is 17.1 Å². The number of para-hydroxylation sites is 1. The molecule has 0 fully saturated rings. The van der Waals surface area contributed by atoms with Crippen molar-refractivity contribution in [1.82, 2.24) is 10.5 Å². The number of nitrogens with one attached hydrogen (secondary N) is 2. The molecule has 1 aromatic heterocycles. The summed E-state index contributed by atoms with van der Waals surface area (Å²) in [6, 6.07) is 10.8. The molecule has 1 heterocycles. The molecule has 0 aliphatic rings. The van der Waals surface area contributed by atoms with Crippen LogP contribution in [0.5, 0.6) is 0 Å². The maximum absolute atomic E-state index is 12.1. The minimum absolute atomic E-state index is 0.0241. The molecule has 0 spiro atoms. The van der Waals surface area contributed by atoms with Crippen molar-refractivity contribution in [1.29, 1.82) is 0 Å². The topological polar surface area (TPSA) is 84.2 Å². The second-order valence-electron chi connectivity index (χ2n) is 4.53. The van der Waals surface area contributed by atoms with Crippen LogP contribution in [-0.2, 0) is 0 Å². The number of fused-ring (bicyclic) bond motifs is 1. The third kappa shape index (κ3) is 3.13. The van der Waals surface area contributed by atoms with E-state index in [1.165, 1.54) is 12.1 Å². The van der Waals surface area contributed by atoms with Crippen LogP contribution >= 0.6 is 23.2 Å². The van der Waals surface area contributed by atoms with E-state index in [4.69, 9.17) is 27.7 Å². The van der Waals surface area contributed by atoms with Crippen molar-refractivity contribution < 1.29 is 14.1 Å². The number of anilines is 1. The number of nitrogens with zero attached hydrogens (tertiary/aromatic N) is 1. The molecule has 0 unspecified atom stereocenters. The molecule has 0 saturated carbocycles. The lowest BCUT2D eigenvalue weighted by molar-refractivity contribution is 0.0967. The van der Waals surface area contributed by atoms with E-state index in [-0.39, 0.29) is 21.4 Å². The Balaban J connectivity index is 1.76. The van der Waals surface area contributed by atoms with Gasteiger partial charge in [-0.05, 0) is 24.3 Å². The monoisotopic (exact) mass is 349 g/mol. The van der Waals surface area contributed by atoms with Gasteiger partial charge in [0.25, 0.3) is 5.91 Å². The quantitative estimate of drug-likeness (QED) is 0.729. The van der Waals surface area contributed by atoms with E-state index in [9.17, 15) is 9.59 Å². The number of amides is 3. The third-order valence-electron chi connectivity index (χ3n) is 3.03. The fraction of sp³-hybridized carbons (Fsp3) is 0. The van der Waals surface area contributed by atoms with E-state index in [1.807, 2.05) is 0 Å². The van der Waals surface area contributed by atoms with Crippen LogP contribution < -0.4 is 10.6 Å². The maximum Gasteiger partial charge on any atom is 0.327 e. The molecule has 2 aromatic carbocycles. The van der Waals surface area contributed by atoms with Crippen LogP contribution in [0.1, 0.15) is 10.4 Å². The van der Waals surface area contributed by atoms with Crippen molar-refractivity contribution in [3.63, 3.8) is 0 Å². The SMILES string of the molecule is O=C(NC(=O)c1c(Cl)cccc1Cl)Nc1noc2ccccc12. The summed E-state index contributed by atoms with van der Waals surface area (Å²) < 4.78 is 5.06. The van der Waals surface area contributed by atoms with Crippen molar-refractivity contribution in [3.8, 4) is 0 Å². The predicted octanol–water partition coefficient (Wildman–Crippen LogP) is 4.10. The number of urea groups is 1. The van der Waals surface area contributed by atoms with Gasteiger partial charge in [-0.2, -0.15) is 0 Å². The second-order valence-corrected chi connectivity index (χ2v) is 5.35. The largest absolute Gasteiger partial charge is 0.354 e. The van der Waals surface area contributed by atoms with E-state index in [0.29, 0.717) is 11.0 Å². The van der Waals surface area contributed by atoms with Gasteiger partial charge in [0.2, 0.25) is 0 Å². The smallest absolute Gasteiger partial charge is 0.327 e. The van der Waals surface area contributed by atoms with E-state index in [2.05, 4.69) is 15.8 Å². The molecule has 2 N–H and O–H groups in total. The highest BCUT2D eigenvalue weighted by Gasteiger charge is 2.18. The summed E-state index contributed by atoms with van der Waals surface area (Å²) in [7, 11) is 0. The number of rotatable bonds is 2. The molecule has 0 atom stereocenters. The van der Waals surface area contributed by atoms with Gasteiger partial charge in [0, 0.05) is 0 Å². The zero-order valence-electron chi connectivity index (χ0n) is 11.5. The molecule has 3 aromatic rings. The Morgan fingerprint density at radius 2 is 1.70 bits per heavy atom. The van der Waals surface area contributed by atoms with Crippen molar-refractivity contribution in [2.24, 2.45) is 0 Å². The first-order chi connectivity index (χ1) is 11.1. The highest BCUT2D eigenvalue weighted by atomic mass is 35.5. The zero-order chi connectivity index (χ0) is 16.4. The number of benzene rings is 2. The second kappa shape index (κ2) is 6.28. The first kappa shape index (κ1) is 15.3. The number of aromatic nitrogens is 1. The van der Waals surface area contributed by atoms with Crippen LogP contribution in [0.3, 0.4) is 0 Å². The Labute approximate surface area is 140 Å². The van der Waals surface area contributed by atoms with Gasteiger partial charge in [-0.25, -0.2) is 4.79 Å². The number of carbonyl (C=O) groups is 2. The van der Waals surface area contributed by atoms with Crippen LogP contribution in [0.25, 0.3) is 11.0 Å². The first-order valence-corrected chi connectivity index (χ1v) is 7.22. The Kier molecular flexibility index (Phi) is 4.18. The number of carbonyl (C=O) groups excluding carboxylic acids is 2. The zero-order valence-corrected chi connectivity index (χ0v) is 13.0. The summed E-state index contributed by atoms with van der Waals surface area (Å²) in [6.45, 7) is 0. The molecule has 0 bridgehead atoms. The van der Waals surface area contributed by atoms with Crippen LogP contribution in [0.15, 0.2) is 47.0 Å². The lowest BCUT2D eigenvalue weighted by atomic mass is 10.2. The van der Waals surface area contributed by atoms with Crippen LogP contribution in [0, 0.1) is 0 Å². The van der Waals surface area contributed by atoms with Gasteiger partial charge in [-0.1, -0.05) is 46.6 Å². The summed E-state index contributed by atoms with van der Waals surface area (Å²) in [4.78, 5) is 24.1. The minimum Gasteiger partial charge on any atom is -0.354 e. The van der Waals surface area contributed by atoms with Gasteiger partial charge in [0.15, 0.2) is 11.4 Å².